The molecule has 1 rings (SSSR count). The van der Waals surface area contributed by atoms with Crippen LogP contribution in [0, 0.1) is 0 Å². The van der Waals surface area contributed by atoms with Gasteiger partial charge in [-0.2, -0.15) is 0 Å². The van der Waals surface area contributed by atoms with E-state index >= 15 is 0 Å². The van der Waals surface area contributed by atoms with Crippen LogP contribution in [0.3, 0.4) is 0 Å². The molecule has 0 aromatic heterocycles. The third-order valence-corrected chi connectivity index (χ3v) is 1.83. The maximum Gasteiger partial charge on any atom is 2.00 e. The molecule has 0 bridgehead atoms. The molecule has 0 heterocycles. The van der Waals surface area contributed by atoms with E-state index < -0.39 is 21.7 Å². The third-order valence-electron chi connectivity index (χ3n) is 1.50. The summed E-state index contributed by atoms with van der Waals surface area (Å²) in [4.78, 5) is 10.9. The monoisotopic (exact) mass is 290 g/mol. The van der Waals surface area contributed by atoms with Gasteiger partial charge in [0.2, 0.25) is 0 Å². The SMILES string of the molecule is O=[SiH]OC(=O)[C@H](O)c1ccccc1.[Ca+2].[H-].[H-].[H-].[H-].[H-].[H-].[Mg+2].[Mg+2]. The Kier molecular flexibility index (Phi) is 18.2. The van der Waals surface area contributed by atoms with E-state index in [1.54, 1.807) is 30.3 Å². The first-order valence-electron chi connectivity index (χ1n) is 3.63. The number of hydrogen-bond donors (Lipinski definition) is 1. The Balaban J connectivity index is -0.0000000268. The van der Waals surface area contributed by atoms with Gasteiger partial charge in [-0.15, -0.1) is 0 Å². The molecule has 1 aromatic carbocycles. The van der Waals surface area contributed by atoms with E-state index in [0.29, 0.717) is 5.56 Å². The second kappa shape index (κ2) is 12.9. The van der Waals surface area contributed by atoms with Crippen molar-refractivity contribution in [2.45, 2.75) is 6.10 Å². The predicted octanol–water partition coefficient (Wildman–Crippen LogP) is -0.507. The number of aliphatic hydroxyl groups excluding tert-OH is 1. The van der Waals surface area contributed by atoms with Gasteiger partial charge in [0.1, 0.15) is 0 Å². The molecule has 1 atom stereocenters. The van der Waals surface area contributed by atoms with Crippen molar-refractivity contribution in [1.82, 2.24) is 0 Å². The molecule has 0 aliphatic rings. The maximum atomic E-state index is 10.9. The molecule has 1 aromatic rings. The zero-order valence-electron chi connectivity index (χ0n) is 14.8. The molecule has 16 heavy (non-hydrogen) atoms. The van der Waals surface area contributed by atoms with Crippen molar-refractivity contribution in [3.63, 3.8) is 0 Å². The summed E-state index contributed by atoms with van der Waals surface area (Å²) < 4.78 is 14.2. The van der Waals surface area contributed by atoms with Crippen molar-refractivity contribution >= 4 is 99.5 Å². The normalized spacial score (nSPS) is 9.56. The summed E-state index contributed by atoms with van der Waals surface area (Å²) in [6.07, 6.45) is -1.34. The Labute approximate surface area is 167 Å². The Morgan fingerprint density at radius 2 is 1.81 bits per heavy atom. The molecule has 0 amide bonds. The first-order valence-corrected chi connectivity index (χ1v) is 4.57. The number of benzene rings is 1. The van der Waals surface area contributed by atoms with Gasteiger partial charge in [-0.05, 0) is 5.56 Å². The molecular weight excluding hydrogens is 277 g/mol. The van der Waals surface area contributed by atoms with Crippen LogP contribution < -0.4 is 0 Å². The first-order chi connectivity index (χ1) is 6.25. The molecule has 80 valence electrons. The van der Waals surface area contributed by atoms with Crippen molar-refractivity contribution in [2.75, 3.05) is 0 Å². The van der Waals surface area contributed by atoms with Crippen LogP contribution in [-0.4, -0.2) is 105 Å². The smallest absolute Gasteiger partial charge is 1.00 e. The second-order valence-corrected chi connectivity index (χ2v) is 2.77. The van der Waals surface area contributed by atoms with Gasteiger partial charge in [0.05, 0.1) is 0 Å². The van der Waals surface area contributed by atoms with Crippen LogP contribution in [0.25, 0.3) is 0 Å². The minimum Gasteiger partial charge on any atom is -1.00 e. The minimum absolute atomic E-state index is 0. The zero-order valence-corrected chi connectivity index (χ0v) is 15.0. The van der Waals surface area contributed by atoms with E-state index in [-0.39, 0.29) is 92.4 Å². The van der Waals surface area contributed by atoms with Gasteiger partial charge in [-0.3, -0.25) is 0 Å². The molecule has 0 aliphatic carbocycles. The molecule has 0 radical (unpaired) electrons. The number of aliphatic hydroxyl groups is 1. The van der Waals surface area contributed by atoms with Crippen molar-refractivity contribution in [2.24, 2.45) is 0 Å². The summed E-state index contributed by atoms with van der Waals surface area (Å²) in [7, 11) is -1.61. The fourth-order valence-electron chi connectivity index (χ4n) is 0.883. The van der Waals surface area contributed by atoms with Crippen LogP contribution in [0.2, 0.25) is 0 Å². The van der Waals surface area contributed by atoms with Crippen molar-refractivity contribution < 1.29 is 27.3 Å². The van der Waals surface area contributed by atoms with Gasteiger partial charge in [0.25, 0.3) is 0 Å². The number of carbonyl (C=O) groups excluding carboxylic acids is 1. The number of carbonyl (C=O) groups is 1. The summed E-state index contributed by atoms with van der Waals surface area (Å²) in [6.45, 7) is 0. The van der Waals surface area contributed by atoms with Gasteiger partial charge in [0, 0.05) is 0 Å². The van der Waals surface area contributed by atoms with Gasteiger partial charge in [-0.25, -0.2) is 4.79 Å². The minimum atomic E-state index is -1.61. The standard InChI is InChI=1S/C8H8O4Si.Ca.2Mg.6H/c9-7(8(10)12-13-11)6-4-2-1-3-5-6;;;;;;;;;/h1-5,7,9,13H;;;;;;;;;/q;3*+2;6*-1/t7-;;;;;;;;;/m1........./s1. The number of rotatable bonds is 3. The molecule has 0 fully saturated rings. The Bertz CT molecular complexity index is 331. The summed E-state index contributed by atoms with van der Waals surface area (Å²) >= 11 is 0. The zero-order chi connectivity index (χ0) is 9.68. The third kappa shape index (κ3) is 7.72. The van der Waals surface area contributed by atoms with Crippen molar-refractivity contribution in [3.05, 3.63) is 35.9 Å². The van der Waals surface area contributed by atoms with E-state index in [0.717, 1.165) is 0 Å². The fourth-order valence-corrected chi connectivity index (χ4v) is 1.11. The van der Waals surface area contributed by atoms with Gasteiger partial charge < -0.3 is 22.6 Å². The van der Waals surface area contributed by atoms with E-state index in [9.17, 15) is 14.4 Å². The van der Waals surface area contributed by atoms with Crippen LogP contribution in [0.4, 0.5) is 0 Å². The molecule has 0 unspecified atom stereocenters. The molecular formula is C8H14CaMg2O4Si. The average Bonchev–Trinajstić information content (AvgIpc) is 2.18. The molecule has 1 N–H and O–H groups in total. The maximum absolute atomic E-state index is 10.9. The Hall–Kier alpha value is 1.46. The van der Waals surface area contributed by atoms with Crippen LogP contribution in [0.5, 0.6) is 0 Å². The molecule has 0 saturated carbocycles. The predicted molar refractivity (Wildman–Crippen MR) is 69.3 cm³/mol. The first kappa shape index (κ1) is 22.6. The topological polar surface area (TPSA) is 63.6 Å². The van der Waals surface area contributed by atoms with Gasteiger partial charge in [-0.1, -0.05) is 30.3 Å². The summed E-state index contributed by atoms with van der Waals surface area (Å²) in [5, 5.41) is 9.32. The van der Waals surface area contributed by atoms with E-state index in [1.165, 1.54) is 0 Å². The fraction of sp³-hybridized carbons (Fsp3) is 0.125. The molecule has 0 aliphatic heterocycles. The van der Waals surface area contributed by atoms with Crippen LogP contribution in [0.1, 0.15) is 20.2 Å². The van der Waals surface area contributed by atoms with E-state index in [1.807, 2.05) is 0 Å². The summed E-state index contributed by atoms with van der Waals surface area (Å²) in [5.41, 5.74) is 0.431. The van der Waals surface area contributed by atoms with E-state index in [4.69, 9.17) is 0 Å². The van der Waals surface area contributed by atoms with Crippen LogP contribution in [-0.2, 0) is 13.7 Å². The van der Waals surface area contributed by atoms with Crippen LogP contribution >= 0.6 is 0 Å². The molecule has 0 saturated heterocycles. The molecule has 0 spiro atoms. The average molecular weight is 291 g/mol. The Morgan fingerprint density at radius 3 is 2.25 bits per heavy atom. The van der Waals surface area contributed by atoms with Crippen LogP contribution in [0.15, 0.2) is 30.3 Å². The summed E-state index contributed by atoms with van der Waals surface area (Å²) in [5.74, 6) is -0.879. The largest absolute Gasteiger partial charge is 2.00 e. The van der Waals surface area contributed by atoms with Gasteiger partial charge in [0.15, 0.2) is 6.10 Å². The van der Waals surface area contributed by atoms with Crippen molar-refractivity contribution in [3.8, 4) is 0 Å². The van der Waals surface area contributed by atoms with E-state index in [2.05, 4.69) is 4.43 Å². The quantitative estimate of drug-likeness (QED) is 0.762. The second-order valence-electron chi connectivity index (χ2n) is 2.35. The summed E-state index contributed by atoms with van der Waals surface area (Å²) in [6, 6.07) is 8.32. The molecule has 8 heteroatoms. The van der Waals surface area contributed by atoms with Gasteiger partial charge >= 0.3 is 99.5 Å². The number of hydrogen-bond acceptors (Lipinski definition) is 4. The Morgan fingerprint density at radius 1 is 1.31 bits per heavy atom. The van der Waals surface area contributed by atoms with Crippen molar-refractivity contribution in [1.29, 1.82) is 0 Å². The molecule has 4 nitrogen and oxygen atoms in total.